The molecule has 0 unspecified atom stereocenters. The summed E-state index contributed by atoms with van der Waals surface area (Å²) in [5, 5.41) is 7.32. The minimum absolute atomic E-state index is 0.166. The van der Waals surface area contributed by atoms with Crippen molar-refractivity contribution in [1.82, 2.24) is 9.97 Å². The summed E-state index contributed by atoms with van der Waals surface area (Å²) in [4.78, 5) is 9.21. The molecule has 30 heavy (non-hydrogen) atoms. The third-order valence-corrected chi connectivity index (χ3v) is 6.66. The first-order valence-electron chi connectivity index (χ1n) is 8.91. The van der Waals surface area contributed by atoms with Crippen LogP contribution in [0.25, 0.3) is 0 Å². The van der Waals surface area contributed by atoms with Gasteiger partial charge in [-0.05, 0) is 49.8 Å². The Balaban J connectivity index is 1.97. The summed E-state index contributed by atoms with van der Waals surface area (Å²) in [5.74, 6) is 3.91. The number of halogens is 2. The molecule has 0 fully saturated rings. The van der Waals surface area contributed by atoms with Crippen molar-refractivity contribution in [3.8, 4) is 11.8 Å². The van der Waals surface area contributed by atoms with Gasteiger partial charge in [0.1, 0.15) is 11.6 Å². The van der Waals surface area contributed by atoms with Crippen LogP contribution >= 0.6 is 10.2 Å². The molecule has 0 aliphatic rings. The minimum atomic E-state index is -1.65. The fourth-order valence-electron chi connectivity index (χ4n) is 2.90. The fourth-order valence-corrected chi connectivity index (χ4v) is 4.92. The Hall–Kier alpha value is -3.44. The predicted molar refractivity (Wildman–Crippen MR) is 119 cm³/mol. The monoisotopic (exact) mass is 425 g/mol. The van der Waals surface area contributed by atoms with Crippen LogP contribution in [0.3, 0.4) is 0 Å². The molecule has 2 aromatic heterocycles. The number of rotatable bonds is 4. The van der Waals surface area contributed by atoms with Gasteiger partial charge in [0.05, 0.1) is 16.9 Å². The van der Waals surface area contributed by atoms with Crippen LogP contribution in [-0.4, -0.2) is 28.7 Å². The highest BCUT2D eigenvalue weighted by Gasteiger charge is 2.21. The number of hydrogen-bond donors (Lipinski definition) is 3. The Kier molecular flexibility index (Phi) is 6.04. The molecule has 0 saturated carbocycles. The van der Waals surface area contributed by atoms with E-state index < -0.39 is 21.8 Å². The van der Waals surface area contributed by atoms with Gasteiger partial charge in [0, 0.05) is 34.6 Å². The molecule has 1 aromatic carbocycles. The third kappa shape index (κ3) is 4.42. The molecule has 0 amide bonds. The molecule has 0 aliphatic heterocycles. The van der Waals surface area contributed by atoms with E-state index in [4.69, 9.17) is 11.1 Å². The molecule has 154 valence electrons. The van der Waals surface area contributed by atoms with E-state index in [9.17, 15) is 4.39 Å². The summed E-state index contributed by atoms with van der Waals surface area (Å²) in [6.07, 6.45) is 8.10. The van der Waals surface area contributed by atoms with Gasteiger partial charge in [0.25, 0.3) is 0 Å². The van der Waals surface area contributed by atoms with Crippen molar-refractivity contribution in [3.05, 3.63) is 76.7 Å². The van der Waals surface area contributed by atoms with Crippen LogP contribution in [0.4, 0.5) is 20.3 Å². The number of aryl methyl sites for hydroxylation is 1. The lowest BCUT2D eigenvalue weighted by molar-refractivity contribution is 0.580. The second-order valence-corrected chi connectivity index (χ2v) is 10.2. The SMILES string of the molecule is Cc1ncccc1S(C)(C)Nc1ccc(F)c(C#Cc2cnc(N)c(C=N)c2)c1F. The molecule has 3 aromatic rings. The van der Waals surface area contributed by atoms with Gasteiger partial charge in [-0.2, -0.15) is 0 Å². The number of aromatic nitrogens is 2. The maximum absolute atomic E-state index is 15.1. The maximum atomic E-state index is 15.1. The van der Waals surface area contributed by atoms with Gasteiger partial charge in [0.15, 0.2) is 5.82 Å². The molecule has 0 aliphatic carbocycles. The second kappa shape index (κ2) is 8.51. The van der Waals surface area contributed by atoms with Crippen molar-refractivity contribution in [1.29, 1.82) is 5.41 Å². The van der Waals surface area contributed by atoms with Gasteiger partial charge in [-0.3, -0.25) is 4.98 Å². The standard InChI is InChI=1S/C22H21F2N5S/c1-14-20(5-4-10-27-14)30(2,3)29-19-9-8-18(23)17(21(19)24)7-6-15-11-16(12-25)22(26)28-13-15/h4-5,8-13,25,29H,1-3H3,(H2,26,28). The molecule has 3 rings (SSSR count). The Bertz CT molecular complexity index is 1180. The lowest BCUT2D eigenvalue weighted by Crippen LogP contribution is -2.12. The quantitative estimate of drug-likeness (QED) is 0.424. The number of pyridine rings is 2. The molecule has 0 radical (unpaired) electrons. The van der Waals surface area contributed by atoms with E-state index in [1.165, 1.54) is 18.3 Å². The Labute approximate surface area is 175 Å². The van der Waals surface area contributed by atoms with E-state index in [0.29, 0.717) is 11.1 Å². The lowest BCUT2D eigenvalue weighted by atomic mass is 10.1. The van der Waals surface area contributed by atoms with Crippen LogP contribution in [0.5, 0.6) is 0 Å². The zero-order valence-electron chi connectivity index (χ0n) is 16.8. The molecule has 0 saturated heterocycles. The average molecular weight is 426 g/mol. The van der Waals surface area contributed by atoms with Gasteiger partial charge in [-0.15, -0.1) is 10.2 Å². The van der Waals surface area contributed by atoms with E-state index in [1.807, 2.05) is 31.6 Å². The van der Waals surface area contributed by atoms with Crippen LogP contribution < -0.4 is 10.5 Å². The zero-order chi connectivity index (χ0) is 21.9. The van der Waals surface area contributed by atoms with E-state index >= 15 is 4.39 Å². The number of benzene rings is 1. The molecular weight excluding hydrogens is 404 g/mol. The Morgan fingerprint density at radius 2 is 1.93 bits per heavy atom. The highest BCUT2D eigenvalue weighted by Crippen LogP contribution is 2.50. The summed E-state index contributed by atoms with van der Waals surface area (Å²) in [5.41, 5.74) is 7.11. The summed E-state index contributed by atoms with van der Waals surface area (Å²) in [6, 6.07) is 7.87. The largest absolute Gasteiger partial charge is 0.383 e. The number of nitrogens with two attached hydrogens (primary N) is 1. The molecule has 0 bridgehead atoms. The minimum Gasteiger partial charge on any atom is -0.383 e. The van der Waals surface area contributed by atoms with E-state index in [0.717, 1.165) is 16.8 Å². The van der Waals surface area contributed by atoms with Crippen molar-refractivity contribution in [2.75, 3.05) is 23.0 Å². The van der Waals surface area contributed by atoms with Crippen LogP contribution in [0, 0.1) is 35.8 Å². The molecule has 0 atom stereocenters. The predicted octanol–water partition coefficient (Wildman–Crippen LogP) is 4.49. The number of hydrogen-bond acceptors (Lipinski definition) is 5. The highest BCUT2D eigenvalue weighted by molar-refractivity contribution is 8.33. The first-order chi connectivity index (χ1) is 14.2. The molecule has 0 spiro atoms. The number of nitrogens with one attached hydrogen (secondary N) is 2. The van der Waals surface area contributed by atoms with Crippen molar-refractivity contribution in [2.45, 2.75) is 11.8 Å². The van der Waals surface area contributed by atoms with Crippen molar-refractivity contribution >= 4 is 27.9 Å². The normalized spacial score (nSPS) is 11.4. The number of nitrogens with zero attached hydrogens (tertiary/aromatic N) is 2. The van der Waals surface area contributed by atoms with Crippen molar-refractivity contribution in [2.24, 2.45) is 0 Å². The first-order valence-corrected chi connectivity index (χ1v) is 11.4. The summed E-state index contributed by atoms with van der Waals surface area (Å²) >= 11 is 0. The first kappa shape index (κ1) is 21.3. The van der Waals surface area contributed by atoms with Gasteiger partial charge in [0.2, 0.25) is 0 Å². The number of anilines is 2. The van der Waals surface area contributed by atoms with Crippen LogP contribution in [0.2, 0.25) is 0 Å². The van der Waals surface area contributed by atoms with Crippen molar-refractivity contribution in [3.63, 3.8) is 0 Å². The zero-order valence-corrected chi connectivity index (χ0v) is 17.6. The third-order valence-electron chi connectivity index (χ3n) is 4.40. The number of nitrogen functional groups attached to an aromatic ring is 1. The summed E-state index contributed by atoms with van der Waals surface area (Å²) in [6.45, 7) is 1.90. The fraction of sp³-hybridized carbons (Fsp3) is 0.136. The van der Waals surface area contributed by atoms with Gasteiger partial charge in [-0.1, -0.05) is 11.8 Å². The van der Waals surface area contributed by atoms with Gasteiger partial charge < -0.3 is 15.9 Å². The second-order valence-electron chi connectivity index (χ2n) is 6.89. The van der Waals surface area contributed by atoms with E-state index in [1.54, 1.807) is 12.3 Å². The Morgan fingerprint density at radius 1 is 1.17 bits per heavy atom. The molecule has 5 nitrogen and oxygen atoms in total. The van der Waals surface area contributed by atoms with Crippen LogP contribution in [-0.2, 0) is 0 Å². The highest BCUT2D eigenvalue weighted by atomic mass is 32.3. The lowest BCUT2D eigenvalue weighted by Gasteiger charge is -2.35. The molecule has 4 N–H and O–H groups in total. The molecule has 8 heteroatoms. The van der Waals surface area contributed by atoms with Crippen LogP contribution in [0.15, 0.2) is 47.6 Å². The molecule has 2 heterocycles. The van der Waals surface area contributed by atoms with Gasteiger partial charge >= 0.3 is 0 Å². The summed E-state index contributed by atoms with van der Waals surface area (Å²) in [7, 11) is -1.65. The van der Waals surface area contributed by atoms with Gasteiger partial charge in [-0.25, -0.2) is 13.8 Å². The topological polar surface area (TPSA) is 87.7 Å². The smallest absolute Gasteiger partial charge is 0.165 e. The summed E-state index contributed by atoms with van der Waals surface area (Å²) < 4.78 is 32.6. The Morgan fingerprint density at radius 3 is 2.63 bits per heavy atom. The van der Waals surface area contributed by atoms with Crippen molar-refractivity contribution < 1.29 is 8.78 Å². The van der Waals surface area contributed by atoms with E-state index in [2.05, 4.69) is 26.5 Å². The van der Waals surface area contributed by atoms with E-state index in [-0.39, 0.29) is 17.1 Å². The molecular formula is C22H21F2N5S. The van der Waals surface area contributed by atoms with Crippen LogP contribution in [0.1, 0.15) is 22.4 Å². The maximum Gasteiger partial charge on any atom is 0.165 e. The average Bonchev–Trinajstić information content (AvgIpc) is 2.71.